The van der Waals surface area contributed by atoms with Gasteiger partial charge in [-0.25, -0.2) is 0 Å². The number of thiophene rings is 1. The van der Waals surface area contributed by atoms with Crippen LogP contribution < -0.4 is 10.1 Å². The molecule has 0 saturated carbocycles. The van der Waals surface area contributed by atoms with E-state index in [1.54, 1.807) is 25.1 Å². The third-order valence-corrected chi connectivity index (χ3v) is 5.55. The zero-order valence-electron chi connectivity index (χ0n) is 12.9. The molecule has 0 radical (unpaired) electrons. The standard InChI is InChI=1S/C15H17N3O3S2/c1-18(8-9-6-13(21-2)17-23-9)15(20)12-7-10-11(22-12)4-3-5-16-14(10)19/h6-7H,3-5,8H2,1-2H3,(H,16,19). The van der Waals surface area contributed by atoms with Crippen molar-refractivity contribution in [3.05, 3.63) is 32.3 Å². The van der Waals surface area contributed by atoms with Crippen LogP contribution in [0.1, 0.15) is 36.2 Å². The van der Waals surface area contributed by atoms with Gasteiger partial charge in [0.2, 0.25) is 5.88 Å². The maximum absolute atomic E-state index is 12.6. The zero-order valence-corrected chi connectivity index (χ0v) is 14.6. The molecule has 0 unspecified atom stereocenters. The van der Waals surface area contributed by atoms with Crippen molar-refractivity contribution in [3.8, 4) is 5.88 Å². The number of fused-ring (bicyclic) bond motifs is 1. The van der Waals surface area contributed by atoms with E-state index in [0.29, 0.717) is 29.4 Å². The van der Waals surface area contributed by atoms with Gasteiger partial charge >= 0.3 is 0 Å². The number of aryl methyl sites for hydroxylation is 1. The Morgan fingerprint density at radius 2 is 2.30 bits per heavy atom. The van der Waals surface area contributed by atoms with Crippen molar-refractivity contribution in [3.63, 3.8) is 0 Å². The lowest BCUT2D eigenvalue weighted by atomic mass is 10.2. The maximum atomic E-state index is 12.6. The van der Waals surface area contributed by atoms with Crippen molar-refractivity contribution in [2.45, 2.75) is 19.4 Å². The number of hydrogen-bond acceptors (Lipinski definition) is 6. The molecule has 1 aliphatic rings. The highest BCUT2D eigenvalue weighted by Crippen LogP contribution is 2.27. The normalized spacial score (nSPS) is 13.9. The first-order valence-corrected chi connectivity index (χ1v) is 8.83. The third-order valence-electron chi connectivity index (χ3n) is 3.62. The number of nitrogens with one attached hydrogen (secondary N) is 1. The van der Waals surface area contributed by atoms with E-state index in [4.69, 9.17) is 4.74 Å². The molecule has 2 aromatic rings. The highest BCUT2D eigenvalue weighted by atomic mass is 32.1. The molecule has 0 aromatic carbocycles. The quantitative estimate of drug-likeness (QED) is 0.916. The number of amides is 2. The minimum atomic E-state index is -0.0809. The Morgan fingerprint density at radius 3 is 3.04 bits per heavy atom. The van der Waals surface area contributed by atoms with Gasteiger partial charge in [-0.3, -0.25) is 9.59 Å². The Balaban J connectivity index is 1.74. The van der Waals surface area contributed by atoms with Crippen LogP contribution in [0, 0.1) is 0 Å². The van der Waals surface area contributed by atoms with E-state index in [-0.39, 0.29) is 11.8 Å². The van der Waals surface area contributed by atoms with E-state index < -0.39 is 0 Å². The fourth-order valence-electron chi connectivity index (χ4n) is 2.42. The van der Waals surface area contributed by atoms with Crippen LogP contribution in [-0.4, -0.2) is 41.8 Å². The van der Waals surface area contributed by atoms with E-state index in [1.165, 1.54) is 22.9 Å². The second-order valence-electron chi connectivity index (χ2n) is 5.30. The fraction of sp³-hybridized carbons (Fsp3) is 0.400. The summed E-state index contributed by atoms with van der Waals surface area (Å²) in [5.74, 6) is 0.399. The van der Waals surface area contributed by atoms with E-state index in [9.17, 15) is 9.59 Å². The number of nitrogens with zero attached hydrogens (tertiary/aromatic N) is 2. The molecule has 0 aliphatic carbocycles. The van der Waals surface area contributed by atoms with Crippen LogP contribution in [-0.2, 0) is 13.0 Å². The number of ether oxygens (including phenoxy) is 1. The van der Waals surface area contributed by atoms with Crippen molar-refractivity contribution in [1.29, 1.82) is 0 Å². The summed E-state index contributed by atoms with van der Waals surface area (Å²) >= 11 is 2.74. The number of aromatic nitrogens is 1. The largest absolute Gasteiger partial charge is 0.480 e. The number of methoxy groups -OCH3 is 1. The highest BCUT2D eigenvalue weighted by Gasteiger charge is 2.23. The van der Waals surface area contributed by atoms with E-state index in [0.717, 1.165) is 22.6 Å². The van der Waals surface area contributed by atoms with Crippen LogP contribution in [0.5, 0.6) is 5.88 Å². The van der Waals surface area contributed by atoms with Gasteiger partial charge in [0.15, 0.2) is 0 Å². The van der Waals surface area contributed by atoms with Gasteiger partial charge < -0.3 is 15.0 Å². The summed E-state index contributed by atoms with van der Waals surface area (Å²) in [7, 11) is 3.32. The van der Waals surface area contributed by atoms with Crippen LogP contribution >= 0.6 is 22.9 Å². The van der Waals surface area contributed by atoms with Crippen molar-refractivity contribution < 1.29 is 14.3 Å². The van der Waals surface area contributed by atoms with Crippen LogP contribution in [0.15, 0.2) is 12.1 Å². The summed E-state index contributed by atoms with van der Waals surface area (Å²) in [4.78, 5) is 28.8. The molecule has 23 heavy (non-hydrogen) atoms. The predicted octanol–water partition coefficient (Wildman–Crippen LogP) is 2.16. The van der Waals surface area contributed by atoms with E-state index in [1.807, 2.05) is 6.07 Å². The molecular formula is C15H17N3O3S2. The van der Waals surface area contributed by atoms with Crippen LogP contribution in [0.4, 0.5) is 0 Å². The molecular weight excluding hydrogens is 334 g/mol. The Bertz CT molecular complexity index is 738. The second kappa shape index (κ2) is 6.67. The van der Waals surface area contributed by atoms with Gasteiger partial charge in [-0.2, -0.15) is 4.37 Å². The first-order chi connectivity index (χ1) is 11.1. The van der Waals surface area contributed by atoms with Gasteiger partial charge in [0, 0.05) is 29.4 Å². The fourth-order valence-corrected chi connectivity index (χ4v) is 4.35. The Labute approximate surface area is 142 Å². The average Bonchev–Trinajstić information content (AvgIpc) is 3.13. The third kappa shape index (κ3) is 3.37. The molecule has 0 spiro atoms. The van der Waals surface area contributed by atoms with Crippen molar-refractivity contribution in [2.75, 3.05) is 20.7 Å². The lowest BCUT2D eigenvalue weighted by molar-refractivity contribution is 0.0791. The van der Waals surface area contributed by atoms with Gasteiger partial charge in [-0.1, -0.05) is 0 Å². The number of carbonyl (C=O) groups is 2. The summed E-state index contributed by atoms with van der Waals surface area (Å²) in [5, 5.41) is 2.85. The Hall–Kier alpha value is -1.93. The minimum absolute atomic E-state index is 0.0803. The van der Waals surface area contributed by atoms with Gasteiger partial charge in [-0.15, -0.1) is 11.3 Å². The molecule has 6 nitrogen and oxygen atoms in total. The summed E-state index contributed by atoms with van der Waals surface area (Å²) in [6.07, 6.45) is 1.74. The highest BCUT2D eigenvalue weighted by molar-refractivity contribution is 7.14. The van der Waals surface area contributed by atoms with Gasteiger partial charge in [0.1, 0.15) is 0 Å². The van der Waals surface area contributed by atoms with Gasteiger partial charge in [-0.05, 0) is 30.4 Å². The Kier molecular flexibility index (Phi) is 4.63. The van der Waals surface area contributed by atoms with Gasteiger partial charge in [0.25, 0.3) is 11.8 Å². The second-order valence-corrected chi connectivity index (χ2v) is 7.33. The lowest BCUT2D eigenvalue weighted by Crippen LogP contribution is -2.25. The first kappa shape index (κ1) is 15.9. The monoisotopic (exact) mass is 351 g/mol. The van der Waals surface area contributed by atoms with Crippen molar-refractivity contribution in [1.82, 2.24) is 14.6 Å². The Morgan fingerprint density at radius 1 is 1.48 bits per heavy atom. The average molecular weight is 351 g/mol. The number of rotatable bonds is 4. The van der Waals surface area contributed by atoms with Crippen LogP contribution in [0.25, 0.3) is 0 Å². The lowest BCUT2D eigenvalue weighted by Gasteiger charge is -2.14. The smallest absolute Gasteiger partial charge is 0.264 e. The topological polar surface area (TPSA) is 71.5 Å². The zero-order chi connectivity index (χ0) is 16.4. The maximum Gasteiger partial charge on any atom is 0.264 e. The molecule has 2 amide bonds. The molecule has 8 heteroatoms. The van der Waals surface area contributed by atoms with Crippen molar-refractivity contribution in [2.24, 2.45) is 0 Å². The first-order valence-electron chi connectivity index (χ1n) is 7.24. The number of carbonyl (C=O) groups excluding carboxylic acids is 2. The molecule has 2 aromatic heterocycles. The summed E-state index contributed by atoms with van der Waals surface area (Å²) in [5.41, 5.74) is 0.642. The molecule has 122 valence electrons. The summed E-state index contributed by atoms with van der Waals surface area (Å²) in [6, 6.07) is 3.54. The van der Waals surface area contributed by atoms with Crippen LogP contribution in [0.3, 0.4) is 0 Å². The molecule has 0 fully saturated rings. The van der Waals surface area contributed by atoms with E-state index >= 15 is 0 Å². The number of hydrogen-bond donors (Lipinski definition) is 1. The summed E-state index contributed by atoms with van der Waals surface area (Å²) in [6.45, 7) is 1.16. The van der Waals surface area contributed by atoms with E-state index in [2.05, 4.69) is 9.69 Å². The molecule has 1 aliphatic heterocycles. The molecule has 3 rings (SSSR count). The van der Waals surface area contributed by atoms with Gasteiger partial charge in [0.05, 0.1) is 24.1 Å². The SMILES string of the molecule is COc1cc(CN(C)C(=O)c2cc3c(s2)CCCNC3=O)sn1. The predicted molar refractivity (Wildman–Crippen MR) is 89.4 cm³/mol. The molecule has 0 atom stereocenters. The molecule has 1 N–H and O–H groups in total. The van der Waals surface area contributed by atoms with Crippen molar-refractivity contribution >= 4 is 34.7 Å². The van der Waals surface area contributed by atoms with Crippen LogP contribution in [0.2, 0.25) is 0 Å². The molecule has 3 heterocycles. The summed E-state index contributed by atoms with van der Waals surface area (Å²) < 4.78 is 9.18. The molecule has 0 saturated heterocycles. The minimum Gasteiger partial charge on any atom is -0.480 e. The molecule has 0 bridgehead atoms.